The van der Waals surface area contributed by atoms with Crippen molar-refractivity contribution in [1.29, 1.82) is 0 Å². The third-order valence-corrected chi connectivity index (χ3v) is 11.0. The molecule has 4 unspecified atom stereocenters. The van der Waals surface area contributed by atoms with Crippen molar-refractivity contribution in [3.63, 3.8) is 0 Å². The summed E-state index contributed by atoms with van der Waals surface area (Å²) in [6.07, 6.45) is 8.70. The summed E-state index contributed by atoms with van der Waals surface area (Å²) >= 11 is 0. The number of benzene rings is 2. The second-order valence-corrected chi connectivity index (χ2v) is 12.6. The minimum absolute atomic E-state index is 0.00504. The molecule has 5 heteroatoms. The monoisotopic (exact) mass is 503 g/mol. The lowest BCUT2D eigenvalue weighted by Crippen LogP contribution is -2.71. The molecule has 198 valence electrons. The highest BCUT2D eigenvalue weighted by molar-refractivity contribution is 5.61. The molecule has 2 aromatic carbocycles. The van der Waals surface area contributed by atoms with Crippen molar-refractivity contribution in [3.05, 3.63) is 59.2 Å². The number of methoxy groups -OCH3 is 1. The van der Waals surface area contributed by atoms with Gasteiger partial charge in [-0.3, -0.25) is 4.90 Å². The van der Waals surface area contributed by atoms with Gasteiger partial charge in [0.1, 0.15) is 6.10 Å². The number of aryl methyl sites for hydroxylation is 1. The summed E-state index contributed by atoms with van der Waals surface area (Å²) in [5.74, 6) is 2.85. The molecular formula is C32H41NO4. The number of aliphatic hydroxyl groups is 2. The van der Waals surface area contributed by atoms with E-state index >= 15 is 0 Å². The van der Waals surface area contributed by atoms with Crippen LogP contribution in [0.5, 0.6) is 11.5 Å². The zero-order valence-electron chi connectivity index (χ0n) is 22.1. The van der Waals surface area contributed by atoms with Crippen LogP contribution in [0.4, 0.5) is 0 Å². The van der Waals surface area contributed by atoms with E-state index in [1.54, 1.807) is 7.11 Å². The fourth-order valence-electron chi connectivity index (χ4n) is 8.93. The molecule has 7 rings (SSSR count). The molecule has 1 spiro atoms. The lowest BCUT2D eigenvalue weighted by molar-refractivity contribution is -0.182. The fraction of sp³-hybridized carbons (Fsp3) is 0.625. The van der Waals surface area contributed by atoms with Crippen LogP contribution in [0.3, 0.4) is 0 Å². The number of rotatable bonds is 8. The predicted octanol–water partition coefficient (Wildman–Crippen LogP) is 4.51. The molecule has 5 aliphatic rings. The van der Waals surface area contributed by atoms with Gasteiger partial charge in [-0.25, -0.2) is 0 Å². The van der Waals surface area contributed by atoms with Crippen molar-refractivity contribution >= 4 is 0 Å². The van der Waals surface area contributed by atoms with Gasteiger partial charge in [0.05, 0.1) is 19.8 Å². The number of aliphatic hydroxyl groups excluding tert-OH is 2. The van der Waals surface area contributed by atoms with Crippen LogP contribution in [0.15, 0.2) is 42.5 Å². The van der Waals surface area contributed by atoms with Gasteiger partial charge in [-0.15, -0.1) is 0 Å². The maximum atomic E-state index is 12.1. The first kappa shape index (κ1) is 24.0. The topological polar surface area (TPSA) is 62.2 Å². The largest absolute Gasteiger partial charge is 0.493 e. The van der Waals surface area contributed by atoms with E-state index in [1.807, 2.05) is 0 Å². The van der Waals surface area contributed by atoms with Gasteiger partial charge in [-0.2, -0.15) is 0 Å². The molecule has 3 aliphatic carbocycles. The first-order chi connectivity index (χ1) is 18.1. The molecule has 2 saturated carbocycles. The molecule has 6 atom stereocenters. The molecule has 0 radical (unpaired) electrons. The summed E-state index contributed by atoms with van der Waals surface area (Å²) in [5, 5.41) is 23.0. The standard InChI is InChI=1S/C32H41NO4/c1-36-26-13-12-23-17-25-24-18-31(20-34,14-6-11-21-7-3-2-4-8-21)29(35)30-32(24,27(23)28(26)37-30)15-16-33(25)19-22-9-5-10-22/h2-4,7-8,12-13,22,24-25,29-30,34-35H,5-6,9-11,14-20H2,1H3/t24?,25?,29-,30?,31+,32?/m0/s1. The van der Waals surface area contributed by atoms with Crippen LogP contribution in [-0.4, -0.2) is 60.2 Å². The van der Waals surface area contributed by atoms with E-state index in [9.17, 15) is 10.2 Å². The maximum Gasteiger partial charge on any atom is 0.165 e. The number of piperidine rings is 1. The van der Waals surface area contributed by atoms with Crippen molar-refractivity contribution in [2.45, 2.75) is 81.5 Å². The summed E-state index contributed by atoms with van der Waals surface area (Å²) in [7, 11) is 1.71. The van der Waals surface area contributed by atoms with Crippen LogP contribution in [0.25, 0.3) is 0 Å². The molecule has 2 aromatic rings. The molecule has 3 fully saturated rings. The van der Waals surface area contributed by atoms with Crippen molar-refractivity contribution in [2.24, 2.45) is 17.3 Å². The van der Waals surface area contributed by atoms with Crippen LogP contribution in [0.1, 0.15) is 61.6 Å². The summed E-state index contributed by atoms with van der Waals surface area (Å²) in [4.78, 5) is 2.78. The first-order valence-corrected chi connectivity index (χ1v) is 14.5. The van der Waals surface area contributed by atoms with Gasteiger partial charge in [0.25, 0.3) is 0 Å². The summed E-state index contributed by atoms with van der Waals surface area (Å²) < 4.78 is 12.5. The third-order valence-electron chi connectivity index (χ3n) is 11.0. The average molecular weight is 504 g/mol. The van der Waals surface area contributed by atoms with Gasteiger partial charge in [0.2, 0.25) is 0 Å². The summed E-state index contributed by atoms with van der Waals surface area (Å²) in [6, 6.07) is 15.3. The molecule has 2 heterocycles. The second kappa shape index (κ2) is 9.00. The van der Waals surface area contributed by atoms with E-state index in [0.717, 1.165) is 62.5 Å². The fourth-order valence-corrected chi connectivity index (χ4v) is 8.93. The molecule has 2 aliphatic heterocycles. The summed E-state index contributed by atoms with van der Waals surface area (Å²) in [6.45, 7) is 2.27. The van der Waals surface area contributed by atoms with Crippen molar-refractivity contribution < 1.29 is 19.7 Å². The Morgan fingerprint density at radius 2 is 1.97 bits per heavy atom. The van der Waals surface area contributed by atoms with Gasteiger partial charge in [-0.05, 0) is 86.9 Å². The number of hydrogen-bond donors (Lipinski definition) is 2. The Bertz CT molecular complexity index is 1150. The van der Waals surface area contributed by atoms with Crippen molar-refractivity contribution in [1.82, 2.24) is 4.90 Å². The first-order valence-electron chi connectivity index (χ1n) is 14.5. The van der Waals surface area contributed by atoms with E-state index < -0.39 is 11.5 Å². The Balaban J connectivity index is 1.26. The number of hydrogen-bond acceptors (Lipinski definition) is 5. The van der Waals surface area contributed by atoms with E-state index in [1.165, 1.54) is 42.5 Å². The molecule has 5 nitrogen and oxygen atoms in total. The molecular weight excluding hydrogens is 462 g/mol. The van der Waals surface area contributed by atoms with Gasteiger partial charge >= 0.3 is 0 Å². The Hall–Kier alpha value is -2.08. The van der Waals surface area contributed by atoms with Crippen LogP contribution >= 0.6 is 0 Å². The Labute approximate surface area is 220 Å². The molecule has 2 N–H and O–H groups in total. The molecule has 0 amide bonds. The minimum Gasteiger partial charge on any atom is -0.493 e. The van der Waals surface area contributed by atoms with Crippen LogP contribution in [0, 0.1) is 17.3 Å². The molecule has 0 aromatic heterocycles. The zero-order chi connectivity index (χ0) is 25.2. The molecule has 2 bridgehead atoms. The number of likely N-dealkylation sites (tertiary alicyclic amines) is 1. The maximum absolute atomic E-state index is 12.1. The zero-order valence-corrected chi connectivity index (χ0v) is 22.1. The van der Waals surface area contributed by atoms with E-state index in [-0.39, 0.29) is 18.1 Å². The highest BCUT2D eigenvalue weighted by Crippen LogP contribution is 2.67. The quantitative estimate of drug-likeness (QED) is 0.555. The van der Waals surface area contributed by atoms with Crippen LogP contribution < -0.4 is 9.47 Å². The van der Waals surface area contributed by atoms with E-state index in [2.05, 4.69) is 47.4 Å². The lowest BCUT2D eigenvalue weighted by Gasteiger charge is -2.63. The lowest BCUT2D eigenvalue weighted by atomic mass is 9.46. The smallest absolute Gasteiger partial charge is 0.165 e. The highest BCUT2D eigenvalue weighted by atomic mass is 16.5. The number of ether oxygens (including phenoxy) is 2. The Kier molecular flexibility index (Phi) is 5.83. The highest BCUT2D eigenvalue weighted by Gasteiger charge is 2.70. The van der Waals surface area contributed by atoms with Crippen LogP contribution in [0.2, 0.25) is 0 Å². The van der Waals surface area contributed by atoms with E-state index in [4.69, 9.17) is 9.47 Å². The molecule has 37 heavy (non-hydrogen) atoms. The van der Waals surface area contributed by atoms with E-state index in [0.29, 0.717) is 12.0 Å². The van der Waals surface area contributed by atoms with Crippen molar-refractivity contribution in [3.8, 4) is 11.5 Å². The summed E-state index contributed by atoms with van der Waals surface area (Å²) in [5.41, 5.74) is 3.29. The van der Waals surface area contributed by atoms with Gasteiger partial charge in [0, 0.05) is 29.0 Å². The number of nitrogens with zero attached hydrogens (tertiary/aromatic N) is 1. The Morgan fingerprint density at radius 1 is 1.14 bits per heavy atom. The third kappa shape index (κ3) is 3.46. The van der Waals surface area contributed by atoms with Gasteiger partial charge in [-0.1, -0.05) is 42.8 Å². The Morgan fingerprint density at radius 3 is 2.70 bits per heavy atom. The predicted molar refractivity (Wildman–Crippen MR) is 143 cm³/mol. The normalized spacial score (nSPS) is 36.0. The minimum atomic E-state index is -0.702. The van der Waals surface area contributed by atoms with Crippen molar-refractivity contribution in [2.75, 3.05) is 26.8 Å². The van der Waals surface area contributed by atoms with Gasteiger partial charge < -0.3 is 19.7 Å². The SMILES string of the molecule is COc1ccc2c3c1OC1[C@H](O)[C@](CO)(CCCc4ccccc4)CC4C(C2)N(CC2CCC2)CCC341. The van der Waals surface area contributed by atoms with Crippen LogP contribution in [-0.2, 0) is 18.3 Å². The van der Waals surface area contributed by atoms with Gasteiger partial charge in [0.15, 0.2) is 11.5 Å². The average Bonchev–Trinajstić information content (AvgIpc) is 3.24. The second-order valence-electron chi connectivity index (χ2n) is 12.6. The molecule has 1 saturated heterocycles.